The highest BCUT2D eigenvalue weighted by molar-refractivity contribution is 6.59. The van der Waals surface area contributed by atoms with Gasteiger partial charge in [-0.2, -0.15) is 4.39 Å². The normalized spacial score (nSPS) is 17.5. The van der Waals surface area contributed by atoms with Crippen LogP contribution < -0.4 is 4.74 Å². The highest BCUT2D eigenvalue weighted by Crippen LogP contribution is 2.26. The van der Waals surface area contributed by atoms with Crippen LogP contribution in [0.5, 0.6) is 5.75 Å². The summed E-state index contributed by atoms with van der Waals surface area (Å²) in [6.45, 7) is 0.502. The lowest BCUT2D eigenvalue weighted by atomic mass is 9.47. The lowest BCUT2D eigenvalue weighted by molar-refractivity contribution is 0.0141. The highest BCUT2D eigenvalue weighted by Gasteiger charge is 2.35. The summed E-state index contributed by atoms with van der Waals surface area (Å²) < 4.78 is 44.2. The van der Waals surface area contributed by atoms with Crippen LogP contribution in [-0.2, 0) is 0 Å². The second-order valence-electron chi connectivity index (χ2n) is 4.23. The van der Waals surface area contributed by atoms with E-state index in [0.29, 0.717) is 6.07 Å². The minimum Gasteiger partial charge on any atom is -0.484 e. The molecule has 88 valence electrons. The molecule has 0 atom stereocenters. The number of hydrogen-bond donors (Lipinski definition) is 0. The summed E-state index contributed by atoms with van der Waals surface area (Å²) in [6, 6.07) is 1.22. The largest absolute Gasteiger partial charge is 0.484 e. The quantitative estimate of drug-likeness (QED) is 0.561. The number of rotatable bonds is 3. The summed E-state index contributed by atoms with van der Waals surface area (Å²) in [5, 5.41) is -1.48. The highest BCUT2D eigenvalue weighted by atomic mass is 19.2. The van der Waals surface area contributed by atoms with Crippen molar-refractivity contribution in [1.82, 2.24) is 4.90 Å². The summed E-state index contributed by atoms with van der Waals surface area (Å²) in [7, 11) is 16.2. The van der Waals surface area contributed by atoms with Crippen molar-refractivity contribution in [3.63, 3.8) is 0 Å². The van der Waals surface area contributed by atoms with E-state index in [-0.39, 0.29) is 13.1 Å². The summed E-state index contributed by atoms with van der Waals surface area (Å²) in [5.41, 5.74) is 0. The van der Waals surface area contributed by atoms with E-state index in [1.54, 1.807) is 0 Å². The molecule has 0 saturated carbocycles. The molecule has 1 fully saturated rings. The molecule has 1 aliphatic heterocycles. The van der Waals surface area contributed by atoms with Gasteiger partial charge in [-0.1, -0.05) is 5.24 Å². The van der Waals surface area contributed by atoms with Crippen LogP contribution in [0, 0.1) is 17.5 Å². The van der Waals surface area contributed by atoms with Crippen molar-refractivity contribution < 1.29 is 17.9 Å². The molecule has 2 nitrogen and oxygen atoms in total. The van der Waals surface area contributed by atoms with Crippen LogP contribution in [0.3, 0.4) is 0 Å². The molecule has 18 heavy (non-hydrogen) atoms. The number of hydrogen-bond acceptors (Lipinski definition) is 2. The summed E-state index contributed by atoms with van der Waals surface area (Å²) in [6.07, 6.45) is -0.462. The minimum atomic E-state index is -1.48. The Balaban J connectivity index is 2.01. The number of benzene rings is 1. The molecule has 1 aromatic rings. The Labute approximate surface area is 107 Å². The van der Waals surface area contributed by atoms with Crippen molar-refractivity contribution in [3.8, 4) is 5.75 Å². The fourth-order valence-electron chi connectivity index (χ4n) is 1.63. The Bertz CT molecular complexity index is 460. The zero-order chi connectivity index (χ0) is 13.5. The fourth-order valence-corrected chi connectivity index (χ4v) is 1.63. The lowest BCUT2D eigenvalue weighted by Gasteiger charge is -2.48. The second-order valence-corrected chi connectivity index (χ2v) is 4.23. The number of ether oxygens (including phenoxy) is 1. The van der Waals surface area contributed by atoms with Gasteiger partial charge in [-0.25, -0.2) is 8.78 Å². The van der Waals surface area contributed by atoms with Gasteiger partial charge >= 0.3 is 0 Å². The van der Waals surface area contributed by atoms with Crippen LogP contribution >= 0.6 is 0 Å². The van der Waals surface area contributed by atoms with E-state index in [1.165, 1.54) is 4.90 Å². The molecule has 1 aliphatic rings. The van der Waals surface area contributed by atoms with Gasteiger partial charge in [-0.05, 0) is 0 Å². The van der Waals surface area contributed by atoms with Gasteiger partial charge in [0.15, 0.2) is 11.6 Å². The van der Waals surface area contributed by atoms with E-state index in [4.69, 9.17) is 28.3 Å². The maximum Gasteiger partial charge on any atom is 0.200 e. The first kappa shape index (κ1) is 13.4. The van der Waals surface area contributed by atoms with E-state index in [2.05, 4.69) is 0 Å². The van der Waals surface area contributed by atoms with Gasteiger partial charge in [0.05, 0.1) is 23.5 Å². The van der Waals surface area contributed by atoms with E-state index >= 15 is 0 Å². The number of likely N-dealkylation sites (tertiary alicyclic amines) is 1. The van der Waals surface area contributed by atoms with Crippen molar-refractivity contribution in [2.24, 2.45) is 0 Å². The van der Waals surface area contributed by atoms with E-state index in [1.807, 2.05) is 0 Å². The molecular weight excluding hydrogens is 240 g/mol. The first-order valence-electron chi connectivity index (χ1n) is 5.20. The second kappa shape index (κ2) is 4.57. The predicted molar refractivity (Wildman–Crippen MR) is 62.3 cm³/mol. The molecule has 1 heterocycles. The third kappa shape index (κ3) is 2.69. The molecule has 0 amide bonds. The van der Waals surface area contributed by atoms with Gasteiger partial charge in [-0.15, -0.1) is 0 Å². The van der Waals surface area contributed by atoms with Crippen LogP contribution in [0.15, 0.2) is 12.1 Å². The molecular formula is C10H7B3F3NO. The molecule has 0 N–H and O–H groups in total. The molecule has 0 spiro atoms. The first-order valence-corrected chi connectivity index (χ1v) is 5.20. The third-order valence-corrected chi connectivity index (χ3v) is 2.65. The molecule has 2 rings (SSSR count). The lowest BCUT2D eigenvalue weighted by Crippen LogP contribution is -2.65. The summed E-state index contributed by atoms with van der Waals surface area (Å²) in [5.74, 6) is -3.92. The zero-order valence-electron chi connectivity index (χ0n) is 9.37. The van der Waals surface area contributed by atoms with Gasteiger partial charge in [0.2, 0.25) is 5.82 Å². The molecule has 0 unspecified atom stereocenters. The maximum atomic E-state index is 13.3. The van der Waals surface area contributed by atoms with Crippen molar-refractivity contribution in [2.45, 2.75) is 11.3 Å². The number of nitrogens with zero attached hydrogens (tertiary/aromatic N) is 1. The molecule has 0 bridgehead atoms. The molecule has 0 aromatic heterocycles. The Morgan fingerprint density at radius 1 is 1.17 bits per heavy atom. The SMILES string of the molecule is [B]C([B])([B])N1CC(Oc2cc(F)cc(F)c2F)C1. The van der Waals surface area contributed by atoms with Gasteiger partial charge < -0.3 is 9.64 Å². The Hall–Kier alpha value is -1.04. The summed E-state index contributed by atoms with van der Waals surface area (Å²) >= 11 is 0. The minimum absolute atomic E-state index is 0.251. The van der Waals surface area contributed by atoms with Gasteiger partial charge in [-0.3, -0.25) is 0 Å². The summed E-state index contributed by atoms with van der Waals surface area (Å²) in [4.78, 5) is 1.48. The molecule has 8 heteroatoms. The monoisotopic (exact) mass is 247 g/mol. The molecule has 1 aromatic carbocycles. The van der Waals surface area contributed by atoms with Crippen molar-refractivity contribution >= 4 is 23.5 Å². The average Bonchev–Trinajstić information content (AvgIpc) is 2.15. The molecule has 0 aliphatic carbocycles. The Morgan fingerprint density at radius 3 is 2.33 bits per heavy atom. The standard InChI is InChI=1S/C10H7B3F3NO/c11-10(12,13)17-3-6(4-17)18-8-2-5(14)1-7(15)9(8)16/h1-2,6H,3-4H2. The van der Waals surface area contributed by atoms with Crippen LogP contribution in [-0.4, -0.2) is 52.9 Å². The van der Waals surface area contributed by atoms with E-state index < -0.39 is 34.5 Å². The van der Waals surface area contributed by atoms with Crippen LogP contribution in [0.4, 0.5) is 13.2 Å². The molecule has 1 saturated heterocycles. The fraction of sp³-hybridized carbons (Fsp3) is 0.400. The average molecular weight is 247 g/mol. The maximum absolute atomic E-state index is 13.3. The first-order chi connectivity index (χ1) is 8.27. The van der Waals surface area contributed by atoms with Gasteiger partial charge in [0, 0.05) is 25.2 Å². The van der Waals surface area contributed by atoms with Gasteiger partial charge in [0.25, 0.3) is 0 Å². The van der Waals surface area contributed by atoms with Gasteiger partial charge in [0.1, 0.15) is 11.9 Å². The molecule has 6 radical (unpaired) electrons. The predicted octanol–water partition coefficient (Wildman–Crippen LogP) is 0.284. The van der Waals surface area contributed by atoms with E-state index in [0.717, 1.165) is 6.07 Å². The Kier molecular flexibility index (Phi) is 3.40. The topological polar surface area (TPSA) is 12.5 Å². The van der Waals surface area contributed by atoms with E-state index in [9.17, 15) is 13.2 Å². The van der Waals surface area contributed by atoms with Crippen LogP contribution in [0.1, 0.15) is 0 Å². The van der Waals surface area contributed by atoms with Crippen molar-refractivity contribution in [1.29, 1.82) is 0 Å². The Morgan fingerprint density at radius 2 is 1.78 bits per heavy atom. The van der Waals surface area contributed by atoms with Crippen LogP contribution in [0.25, 0.3) is 0 Å². The van der Waals surface area contributed by atoms with Crippen molar-refractivity contribution in [3.05, 3.63) is 29.6 Å². The number of halogens is 3. The third-order valence-electron chi connectivity index (χ3n) is 2.65. The van der Waals surface area contributed by atoms with Crippen molar-refractivity contribution in [2.75, 3.05) is 13.1 Å². The zero-order valence-corrected chi connectivity index (χ0v) is 9.37. The smallest absolute Gasteiger partial charge is 0.200 e. The van der Waals surface area contributed by atoms with Crippen LogP contribution in [0.2, 0.25) is 0 Å².